The summed E-state index contributed by atoms with van der Waals surface area (Å²) < 4.78 is 78.1. The molecule has 0 radical (unpaired) electrons. The zero-order valence-electron chi connectivity index (χ0n) is 14.2. The zero-order chi connectivity index (χ0) is 20.4. The number of nitrogens with zero attached hydrogens (tertiary/aromatic N) is 2. The number of nitrogens with one attached hydrogen (secondary N) is 2. The Morgan fingerprint density at radius 3 is 2.26 bits per heavy atom. The van der Waals surface area contributed by atoms with Crippen LogP contribution in [0.1, 0.15) is 23.7 Å². The van der Waals surface area contributed by atoms with E-state index in [1.54, 1.807) is 0 Å². The SMILES string of the molecule is Cc1ccc(Nc2cc(C(F)(F)F)nc(N[C@H](C)CO)n2)cc1C(F)(F)F. The number of rotatable bonds is 5. The summed E-state index contributed by atoms with van der Waals surface area (Å²) in [6, 6.07) is 3.24. The molecule has 1 aromatic carbocycles. The lowest BCUT2D eigenvalue weighted by Crippen LogP contribution is -2.22. The highest BCUT2D eigenvalue weighted by Crippen LogP contribution is 2.35. The van der Waals surface area contributed by atoms with Gasteiger partial charge in [0, 0.05) is 17.8 Å². The predicted molar refractivity (Wildman–Crippen MR) is 86.7 cm³/mol. The van der Waals surface area contributed by atoms with Crippen LogP contribution in [0.5, 0.6) is 0 Å². The highest BCUT2D eigenvalue weighted by molar-refractivity contribution is 5.60. The van der Waals surface area contributed by atoms with Crippen molar-refractivity contribution < 1.29 is 31.4 Å². The van der Waals surface area contributed by atoms with Crippen LogP contribution in [-0.2, 0) is 12.4 Å². The van der Waals surface area contributed by atoms with Crippen LogP contribution in [-0.4, -0.2) is 27.7 Å². The van der Waals surface area contributed by atoms with Gasteiger partial charge in [-0.15, -0.1) is 0 Å². The smallest absolute Gasteiger partial charge is 0.394 e. The Hall–Kier alpha value is -2.56. The third-order valence-corrected chi connectivity index (χ3v) is 3.48. The Morgan fingerprint density at radius 1 is 1.04 bits per heavy atom. The first-order valence-electron chi connectivity index (χ1n) is 7.68. The third kappa shape index (κ3) is 5.46. The van der Waals surface area contributed by atoms with Crippen molar-refractivity contribution in [3.63, 3.8) is 0 Å². The minimum absolute atomic E-state index is 0.0224. The fourth-order valence-electron chi connectivity index (χ4n) is 2.14. The van der Waals surface area contributed by atoms with E-state index in [0.29, 0.717) is 6.07 Å². The van der Waals surface area contributed by atoms with Gasteiger partial charge in [0.25, 0.3) is 0 Å². The van der Waals surface area contributed by atoms with E-state index < -0.39 is 35.6 Å². The van der Waals surface area contributed by atoms with Crippen molar-refractivity contribution in [3.05, 3.63) is 41.1 Å². The van der Waals surface area contributed by atoms with Gasteiger partial charge in [-0.1, -0.05) is 6.07 Å². The number of anilines is 3. The van der Waals surface area contributed by atoms with E-state index in [9.17, 15) is 26.3 Å². The molecule has 11 heteroatoms. The van der Waals surface area contributed by atoms with Crippen molar-refractivity contribution in [1.82, 2.24) is 9.97 Å². The van der Waals surface area contributed by atoms with Crippen LogP contribution in [0.3, 0.4) is 0 Å². The van der Waals surface area contributed by atoms with Crippen molar-refractivity contribution >= 4 is 17.5 Å². The molecule has 148 valence electrons. The summed E-state index contributed by atoms with van der Waals surface area (Å²) in [5.41, 5.74) is -2.30. The van der Waals surface area contributed by atoms with Crippen LogP contribution >= 0.6 is 0 Å². The second-order valence-electron chi connectivity index (χ2n) is 5.84. The van der Waals surface area contributed by atoms with E-state index in [0.717, 1.165) is 6.07 Å². The first-order valence-corrected chi connectivity index (χ1v) is 7.68. The van der Waals surface area contributed by atoms with Crippen LogP contribution < -0.4 is 10.6 Å². The number of aryl methyl sites for hydroxylation is 1. The monoisotopic (exact) mass is 394 g/mol. The number of aliphatic hydroxyl groups excluding tert-OH is 1. The Bertz CT molecular complexity index is 806. The van der Waals surface area contributed by atoms with Gasteiger partial charge in [-0.25, -0.2) is 4.98 Å². The fourth-order valence-corrected chi connectivity index (χ4v) is 2.14. The Morgan fingerprint density at radius 2 is 1.70 bits per heavy atom. The molecule has 0 spiro atoms. The standard InChI is InChI=1S/C16H16F6N4O/c1-8-3-4-10(5-11(8)15(17,18)19)24-13-6-12(16(20,21)22)25-14(26-13)23-9(2)7-27/h3-6,9,27H,7H2,1-2H3,(H2,23,24,25,26)/t9-/m1/s1. The quantitative estimate of drug-likeness (QED) is 0.658. The molecule has 3 N–H and O–H groups in total. The summed E-state index contributed by atoms with van der Waals surface area (Å²) in [6.07, 6.45) is -9.39. The van der Waals surface area contributed by atoms with Crippen LogP contribution in [0.2, 0.25) is 0 Å². The molecule has 2 aromatic rings. The maximum Gasteiger partial charge on any atom is 0.433 e. The second-order valence-corrected chi connectivity index (χ2v) is 5.84. The molecule has 0 unspecified atom stereocenters. The van der Waals surface area contributed by atoms with Crippen molar-refractivity contribution in [1.29, 1.82) is 0 Å². The fraction of sp³-hybridized carbons (Fsp3) is 0.375. The van der Waals surface area contributed by atoms with E-state index in [-0.39, 0.29) is 23.7 Å². The molecule has 0 aliphatic rings. The largest absolute Gasteiger partial charge is 0.433 e. The van der Waals surface area contributed by atoms with Gasteiger partial charge in [0.05, 0.1) is 12.2 Å². The molecule has 0 saturated carbocycles. The van der Waals surface area contributed by atoms with Gasteiger partial charge in [-0.2, -0.15) is 31.3 Å². The highest BCUT2D eigenvalue weighted by atomic mass is 19.4. The van der Waals surface area contributed by atoms with E-state index in [4.69, 9.17) is 5.11 Å². The minimum Gasteiger partial charge on any atom is -0.394 e. The number of hydrogen-bond acceptors (Lipinski definition) is 5. The van der Waals surface area contributed by atoms with Crippen molar-refractivity contribution in [3.8, 4) is 0 Å². The van der Waals surface area contributed by atoms with Crippen molar-refractivity contribution in [2.45, 2.75) is 32.2 Å². The predicted octanol–water partition coefficient (Wildman–Crippen LogP) is 4.36. The third-order valence-electron chi connectivity index (χ3n) is 3.48. The van der Waals surface area contributed by atoms with Gasteiger partial charge in [0.1, 0.15) is 5.82 Å². The number of aromatic nitrogens is 2. The topological polar surface area (TPSA) is 70.1 Å². The minimum atomic E-state index is -4.79. The van der Waals surface area contributed by atoms with Gasteiger partial charge >= 0.3 is 12.4 Å². The molecule has 0 amide bonds. The summed E-state index contributed by atoms with van der Waals surface area (Å²) in [6.45, 7) is 2.39. The normalized spacial score (nSPS) is 13.4. The van der Waals surface area contributed by atoms with Crippen LogP contribution in [0.25, 0.3) is 0 Å². The maximum absolute atomic E-state index is 13.0. The number of alkyl halides is 6. The molecule has 5 nitrogen and oxygen atoms in total. The lowest BCUT2D eigenvalue weighted by molar-refractivity contribution is -0.141. The Balaban J connectivity index is 2.42. The lowest BCUT2D eigenvalue weighted by Gasteiger charge is -2.16. The highest BCUT2D eigenvalue weighted by Gasteiger charge is 2.34. The van der Waals surface area contributed by atoms with Gasteiger partial charge in [-0.05, 0) is 31.5 Å². The molecule has 0 aliphatic carbocycles. The summed E-state index contributed by atoms with van der Waals surface area (Å²) in [7, 11) is 0. The van der Waals surface area contributed by atoms with E-state index in [2.05, 4.69) is 20.6 Å². The van der Waals surface area contributed by atoms with E-state index >= 15 is 0 Å². The van der Waals surface area contributed by atoms with E-state index in [1.165, 1.54) is 26.0 Å². The summed E-state index contributed by atoms with van der Waals surface area (Å²) in [4.78, 5) is 7.15. The van der Waals surface area contributed by atoms with Crippen LogP contribution in [0.4, 0.5) is 43.8 Å². The molecule has 0 fully saturated rings. The molecule has 0 aliphatic heterocycles. The van der Waals surface area contributed by atoms with Gasteiger partial charge in [-0.3, -0.25) is 0 Å². The van der Waals surface area contributed by atoms with Crippen LogP contribution in [0, 0.1) is 6.92 Å². The van der Waals surface area contributed by atoms with Crippen molar-refractivity contribution in [2.24, 2.45) is 0 Å². The van der Waals surface area contributed by atoms with E-state index in [1.807, 2.05) is 0 Å². The van der Waals surface area contributed by atoms with Gasteiger partial charge in [0.15, 0.2) is 5.69 Å². The number of halogens is 6. The number of aliphatic hydroxyl groups is 1. The first kappa shape index (κ1) is 20.7. The van der Waals surface area contributed by atoms with Gasteiger partial charge in [0.2, 0.25) is 5.95 Å². The molecule has 0 bridgehead atoms. The Kier molecular flexibility index (Phi) is 5.83. The molecule has 27 heavy (non-hydrogen) atoms. The number of hydrogen-bond donors (Lipinski definition) is 3. The molecule has 1 heterocycles. The lowest BCUT2D eigenvalue weighted by atomic mass is 10.1. The molecule has 0 saturated heterocycles. The average Bonchev–Trinajstić information content (AvgIpc) is 2.54. The summed E-state index contributed by atoms with van der Waals surface area (Å²) in [5, 5.41) is 13.9. The van der Waals surface area contributed by atoms with Crippen LogP contribution in [0.15, 0.2) is 24.3 Å². The Labute approximate surface area is 150 Å². The van der Waals surface area contributed by atoms with Gasteiger partial charge < -0.3 is 15.7 Å². The maximum atomic E-state index is 13.0. The summed E-state index contributed by atoms with van der Waals surface area (Å²) in [5.74, 6) is -0.765. The molecular formula is C16H16F6N4O. The zero-order valence-corrected chi connectivity index (χ0v) is 14.2. The molecular weight excluding hydrogens is 378 g/mol. The van der Waals surface area contributed by atoms with Crippen molar-refractivity contribution in [2.75, 3.05) is 17.2 Å². The molecule has 1 aromatic heterocycles. The molecule has 2 rings (SSSR count). The second kappa shape index (κ2) is 7.59. The average molecular weight is 394 g/mol. The molecule has 1 atom stereocenters. The summed E-state index contributed by atoms with van der Waals surface area (Å²) >= 11 is 0. The first-order chi connectivity index (χ1) is 12.4. The number of benzene rings is 1.